The maximum atomic E-state index is 12.8. The molecular formula is C23H27Cl2N3O2S. The fraction of sp³-hybridized carbons (Fsp3) is 0.522. The van der Waals surface area contributed by atoms with Crippen molar-refractivity contribution in [3.63, 3.8) is 0 Å². The fourth-order valence-corrected chi connectivity index (χ4v) is 5.84. The number of halogens is 2. The number of carbonyl (C=O) groups excluding carboxylic acids is 2. The molecule has 1 N–H and O–H groups in total. The normalized spacial score (nSPS) is 18.2. The number of benzene rings is 1. The van der Waals surface area contributed by atoms with Gasteiger partial charge in [-0.1, -0.05) is 54.6 Å². The predicted molar refractivity (Wildman–Crippen MR) is 125 cm³/mol. The smallest absolute Gasteiger partial charge is 0.271 e. The number of nitrogens with one attached hydrogen (secondary N) is 1. The average Bonchev–Trinajstić information content (AvgIpc) is 3.30. The van der Waals surface area contributed by atoms with Crippen molar-refractivity contribution in [2.45, 2.75) is 57.4 Å². The Bertz CT molecular complexity index is 935. The molecule has 0 unspecified atom stereocenters. The number of thiazole rings is 1. The van der Waals surface area contributed by atoms with Gasteiger partial charge in [-0.3, -0.25) is 9.59 Å². The lowest BCUT2D eigenvalue weighted by Gasteiger charge is -2.34. The molecule has 2 amide bonds. The van der Waals surface area contributed by atoms with Crippen LogP contribution in [0.3, 0.4) is 0 Å². The van der Waals surface area contributed by atoms with Gasteiger partial charge in [-0.05, 0) is 37.3 Å². The van der Waals surface area contributed by atoms with E-state index >= 15 is 0 Å². The Labute approximate surface area is 197 Å². The number of rotatable bonds is 5. The molecule has 166 valence electrons. The number of likely N-dealkylation sites (tertiary alicyclic amines) is 1. The first kappa shape index (κ1) is 22.6. The van der Waals surface area contributed by atoms with E-state index in [9.17, 15) is 9.59 Å². The molecule has 2 aromatic rings. The van der Waals surface area contributed by atoms with Gasteiger partial charge in [0.1, 0.15) is 5.69 Å². The molecule has 0 spiro atoms. The summed E-state index contributed by atoms with van der Waals surface area (Å²) in [6.07, 6.45) is 7.53. The lowest BCUT2D eigenvalue weighted by molar-refractivity contribution is -0.137. The summed E-state index contributed by atoms with van der Waals surface area (Å²) in [5.41, 5.74) is 1.20. The molecule has 0 bridgehead atoms. The highest BCUT2D eigenvalue weighted by Crippen LogP contribution is 2.33. The molecule has 1 aromatic carbocycles. The lowest BCUT2D eigenvalue weighted by atomic mass is 9.87. The third-order valence-electron chi connectivity index (χ3n) is 6.34. The van der Waals surface area contributed by atoms with Crippen LogP contribution in [0.1, 0.15) is 71.9 Å². The molecule has 0 radical (unpaired) electrons. The van der Waals surface area contributed by atoms with Crippen molar-refractivity contribution in [1.82, 2.24) is 15.2 Å². The zero-order chi connectivity index (χ0) is 21.8. The highest BCUT2D eigenvalue weighted by atomic mass is 35.5. The van der Waals surface area contributed by atoms with Crippen LogP contribution in [0.2, 0.25) is 10.0 Å². The maximum absolute atomic E-state index is 12.8. The van der Waals surface area contributed by atoms with Crippen LogP contribution in [0, 0.1) is 5.92 Å². The van der Waals surface area contributed by atoms with Gasteiger partial charge in [0.25, 0.3) is 5.91 Å². The van der Waals surface area contributed by atoms with Crippen molar-refractivity contribution in [3.05, 3.63) is 49.9 Å². The van der Waals surface area contributed by atoms with E-state index in [-0.39, 0.29) is 11.8 Å². The van der Waals surface area contributed by atoms with Crippen LogP contribution in [-0.4, -0.2) is 34.8 Å². The van der Waals surface area contributed by atoms with Gasteiger partial charge < -0.3 is 10.2 Å². The average molecular weight is 480 g/mol. The van der Waals surface area contributed by atoms with Gasteiger partial charge in [0.15, 0.2) is 0 Å². The van der Waals surface area contributed by atoms with Gasteiger partial charge in [-0.2, -0.15) is 0 Å². The van der Waals surface area contributed by atoms with Gasteiger partial charge in [-0.15, -0.1) is 11.3 Å². The van der Waals surface area contributed by atoms with Crippen molar-refractivity contribution < 1.29 is 9.59 Å². The summed E-state index contributed by atoms with van der Waals surface area (Å²) in [5.74, 6) is 0.665. The van der Waals surface area contributed by atoms with E-state index in [1.807, 2.05) is 22.4 Å². The SMILES string of the molecule is O=C(NCc1cccc(Cl)c1Cl)c1csc(C2CCN(C(=O)C3CCCCC3)CC2)n1. The molecule has 1 saturated heterocycles. The Hall–Kier alpha value is -1.63. The molecule has 2 fully saturated rings. The topological polar surface area (TPSA) is 62.3 Å². The maximum Gasteiger partial charge on any atom is 0.271 e. The molecule has 0 atom stereocenters. The molecule has 5 nitrogen and oxygen atoms in total. The van der Waals surface area contributed by atoms with E-state index in [2.05, 4.69) is 10.3 Å². The second kappa shape index (κ2) is 10.3. The first-order valence-electron chi connectivity index (χ1n) is 11.0. The van der Waals surface area contributed by atoms with Crippen LogP contribution in [0.4, 0.5) is 0 Å². The van der Waals surface area contributed by atoms with Crippen molar-refractivity contribution in [2.24, 2.45) is 5.92 Å². The monoisotopic (exact) mass is 479 g/mol. The number of hydrogen-bond donors (Lipinski definition) is 1. The Balaban J connectivity index is 1.29. The van der Waals surface area contributed by atoms with Gasteiger partial charge in [0, 0.05) is 36.9 Å². The van der Waals surface area contributed by atoms with Crippen LogP contribution in [0.25, 0.3) is 0 Å². The first-order chi connectivity index (χ1) is 15.0. The van der Waals surface area contributed by atoms with Crippen molar-refractivity contribution in [1.29, 1.82) is 0 Å². The molecule has 1 aliphatic carbocycles. The minimum atomic E-state index is -0.219. The molecule has 8 heteroatoms. The van der Waals surface area contributed by atoms with E-state index in [1.54, 1.807) is 6.07 Å². The van der Waals surface area contributed by atoms with Gasteiger partial charge in [-0.25, -0.2) is 4.98 Å². The summed E-state index contributed by atoms with van der Waals surface area (Å²) in [4.78, 5) is 31.9. The van der Waals surface area contributed by atoms with Crippen molar-refractivity contribution in [3.8, 4) is 0 Å². The summed E-state index contributed by atoms with van der Waals surface area (Å²) in [6.45, 7) is 1.87. The van der Waals surface area contributed by atoms with Gasteiger partial charge in [0.2, 0.25) is 5.91 Å². The summed E-state index contributed by atoms with van der Waals surface area (Å²) in [7, 11) is 0. The third-order valence-corrected chi connectivity index (χ3v) is 8.20. The van der Waals surface area contributed by atoms with E-state index in [1.165, 1.54) is 30.6 Å². The van der Waals surface area contributed by atoms with Crippen LogP contribution < -0.4 is 5.32 Å². The predicted octanol–water partition coefficient (Wildman–Crippen LogP) is 5.67. The number of nitrogens with zero attached hydrogens (tertiary/aromatic N) is 2. The quantitative estimate of drug-likeness (QED) is 0.600. The summed E-state index contributed by atoms with van der Waals surface area (Å²) < 4.78 is 0. The second-order valence-corrected chi connectivity index (χ2v) is 10.1. The molecule has 1 saturated carbocycles. The number of piperidine rings is 1. The molecule has 4 rings (SSSR count). The highest BCUT2D eigenvalue weighted by Gasteiger charge is 2.30. The van der Waals surface area contributed by atoms with Crippen LogP contribution in [0.15, 0.2) is 23.6 Å². The molecule has 1 aromatic heterocycles. The minimum Gasteiger partial charge on any atom is -0.347 e. The standard InChI is InChI=1S/C23H27Cl2N3O2S/c24-18-8-4-7-17(20(18)25)13-26-21(29)19-14-31-22(27-19)15-9-11-28(12-10-15)23(30)16-5-2-1-3-6-16/h4,7-8,14-16H,1-3,5-6,9-13H2,(H,26,29). The Morgan fingerprint density at radius 1 is 1.10 bits per heavy atom. The van der Waals surface area contributed by atoms with E-state index < -0.39 is 0 Å². The van der Waals surface area contributed by atoms with Crippen LogP contribution in [-0.2, 0) is 11.3 Å². The van der Waals surface area contributed by atoms with Crippen molar-refractivity contribution >= 4 is 46.4 Å². The number of amides is 2. The molecule has 1 aliphatic heterocycles. The van der Waals surface area contributed by atoms with Gasteiger partial charge in [0.05, 0.1) is 15.1 Å². The molecule has 31 heavy (non-hydrogen) atoms. The van der Waals surface area contributed by atoms with E-state index in [0.29, 0.717) is 34.1 Å². The number of carbonyl (C=O) groups is 2. The number of aromatic nitrogens is 1. The zero-order valence-electron chi connectivity index (χ0n) is 17.4. The molecule has 2 aliphatic rings. The fourth-order valence-electron chi connectivity index (χ4n) is 4.49. The van der Waals surface area contributed by atoms with Gasteiger partial charge >= 0.3 is 0 Å². The summed E-state index contributed by atoms with van der Waals surface area (Å²) in [6, 6.07) is 5.36. The minimum absolute atomic E-state index is 0.219. The molecular weight excluding hydrogens is 453 g/mol. The largest absolute Gasteiger partial charge is 0.347 e. The highest BCUT2D eigenvalue weighted by molar-refractivity contribution is 7.09. The van der Waals surface area contributed by atoms with Crippen LogP contribution in [0.5, 0.6) is 0 Å². The van der Waals surface area contributed by atoms with E-state index in [4.69, 9.17) is 23.2 Å². The van der Waals surface area contributed by atoms with Crippen LogP contribution >= 0.6 is 34.5 Å². The molecule has 2 heterocycles. The Morgan fingerprint density at radius 2 is 1.84 bits per heavy atom. The third kappa shape index (κ3) is 5.41. The zero-order valence-corrected chi connectivity index (χ0v) is 19.7. The lowest BCUT2D eigenvalue weighted by Crippen LogP contribution is -2.41. The van der Waals surface area contributed by atoms with Crippen molar-refractivity contribution in [2.75, 3.05) is 13.1 Å². The second-order valence-electron chi connectivity index (χ2n) is 8.40. The Kier molecular flexibility index (Phi) is 7.51. The summed E-state index contributed by atoms with van der Waals surface area (Å²) >= 11 is 13.7. The first-order valence-corrected chi connectivity index (χ1v) is 12.6. The summed E-state index contributed by atoms with van der Waals surface area (Å²) in [5, 5.41) is 6.59. The number of hydrogen-bond acceptors (Lipinski definition) is 4. The Morgan fingerprint density at radius 3 is 2.58 bits per heavy atom. The van der Waals surface area contributed by atoms with E-state index in [0.717, 1.165) is 49.3 Å².